The molecule has 0 aliphatic carbocycles. The number of benzene rings is 3. The molecule has 2 amide bonds. The molecule has 0 bridgehead atoms. The van der Waals surface area contributed by atoms with Crippen molar-refractivity contribution < 1.29 is 18.0 Å². The Morgan fingerprint density at radius 3 is 2.45 bits per heavy atom. The van der Waals surface area contributed by atoms with Crippen molar-refractivity contribution in [3.8, 4) is 0 Å². The molecule has 3 aromatic rings. The standard InChI is InChI=1S/C24H22ClN3O4S/c25-19-9-6-16(7-10-19)15-26-24(30)23(17-4-2-1-3-5-17)28-33(31,32)20-11-12-21-18(14-20)8-13-22(29)27-21/h1-7,9-12,14,23,28H,8,13,15H2,(H,26,30)(H,27,29)/t23-/m1/s1. The van der Waals surface area contributed by atoms with Crippen molar-refractivity contribution in [3.05, 3.63) is 94.5 Å². The van der Waals surface area contributed by atoms with Crippen LogP contribution in [0.4, 0.5) is 5.69 Å². The lowest BCUT2D eigenvalue weighted by atomic mass is 10.0. The maximum atomic E-state index is 13.2. The van der Waals surface area contributed by atoms with Gasteiger partial charge in [0.2, 0.25) is 21.8 Å². The smallest absolute Gasteiger partial charge is 0.243 e. The van der Waals surface area contributed by atoms with E-state index >= 15 is 0 Å². The van der Waals surface area contributed by atoms with E-state index in [0.717, 1.165) is 11.1 Å². The molecule has 1 atom stereocenters. The first-order chi connectivity index (χ1) is 15.8. The highest BCUT2D eigenvalue weighted by atomic mass is 35.5. The second-order valence-corrected chi connectivity index (χ2v) is 9.83. The summed E-state index contributed by atoms with van der Waals surface area (Å²) in [6.07, 6.45) is 0.748. The van der Waals surface area contributed by atoms with Crippen LogP contribution in [0.15, 0.2) is 77.7 Å². The lowest BCUT2D eigenvalue weighted by molar-refractivity contribution is -0.123. The van der Waals surface area contributed by atoms with Crippen molar-refractivity contribution in [2.75, 3.05) is 5.32 Å². The minimum absolute atomic E-state index is 0.0313. The lowest BCUT2D eigenvalue weighted by Gasteiger charge is -2.21. The molecule has 170 valence electrons. The molecular formula is C24H22ClN3O4S. The highest BCUT2D eigenvalue weighted by Gasteiger charge is 2.28. The van der Waals surface area contributed by atoms with Crippen LogP contribution >= 0.6 is 11.6 Å². The first kappa shape index (κ1) is 23.0. The molecule has 33 heavy (non-hydrogen) atoms. The third-order valence-electron chi connectivity index (χ3n) is 5.33. The Balaban J connectivity index is 1.56. The molecule has 9 heteroatoms. The zero-order chi connectivity index (χ0) is 23.4. The zero-order valence-corrected chi connectivity index (χ0v) is 19.1. The second-order valence-electron chi connectivity index (χ2n) is 7.68. The largest absolute Gasteiger partial charge is 0.350 e. The Morgan fingerprint density at radius 2 is 1.73 bits per heavy atom. The molecule has 0 unspecified atom stereocenters. The predicted molar refractivity (Wildman–Crippen MR) is 126 cm³/mol. The molecule has 0 fully saturated rings. The van der Waals surface area contributed by atoms with Crippen molar-refractivity contribution in [1.82, 2.24) is 10.0 Å². The van der Waals surface area contributed by atoms with Gasteiger partial charge in [-0.1, -0.05) is 54.1 Å². The van der Waals surface area contributed by atoms with E-state index < -0.39 is 22.0 Å². The molecule has 4 rings (SSSR count). The van der Waals surface area contributed by atoms with E-state index in [-0.39, 0.29) is 17.3 Å². The van der Waals surface area contributed by atoms with E-state index in [1.165, 1.54) is 12.1 Å². The number of sulfonamides is 1. The van der Waals surface area contributed by atoms with Crippen LogP contribution in [0, 0.1) is 0 Å². The van der Waals surface area contributed by atoms with Gasteiger partial charge in [-0.2, -0.15) is 4.72 Å². The highest BCUT2D eigenvalue weighted by molar-refractivity contribution is 7.89. The van der Waals surface area contributed by atoms with Gasteiger partial charge in [-0.05, 0) is 53.4 Å². The SMILES string of the molecule is O=C1CCc2cc(S(=O)(=O)N[C@@H](C(=O)NCc3ccc(Cl)cc3)c3ccccc3)ccc2N1. The summed E-state index contributed by atoms with van der Waals surface area (Å²) in [7, 11) is -4.03. The molecule has 3 aromatic carbocycles. The molecule has 1 aliphatic heterocycles. The average Bonchev–Trinajstić information content (AvgIpc) is 2.82. The van der Waals surface area contributed by atoms with Gasteiger partial charge in [0.15, 0.2) is 0 Å². The topological polar surface area (TPSA) is 104 Å². The zero-order valence-electron chi connectivity index (χ0n) is 17.5. The van der Waals surface area contributed by atoms with Crippen molar-refractivity contribution in [1.29, 1.82) is 0 Å². The molecule has 7 nitrogen and oxygen atoms in total. The van der Waals surface area contributed by atoms with Gasteiger partial charge in [-0.25, -0.2) is 8.42 Å². The summed E-state index contributed by atoms with van der Waals surface area (Å²) in [6.45, 7) is 0.222. The minimum atomic E-state index is -4.03. The van der Waals surface area contributed by atoms with Crippen LogP contribution in [-0.4, -0.2) is 20.2 Å². The summed E-state index contributed by atoms with van der Waals surface area (Å²) < 4.78 is 28.9. The van der Waals surface area contributed by atoms with Crippen LogP contribution in [0.25, 0.3) is 0 Å². The molecule has 0 spiro atoms. The minimum Gasteiger partial charge on any atom is -0.350 e. The Hall–Kier alpha value is -3.20. The van der Waals surface area contributed by atoms with Crippen LogP contribution < -0.4 is 15.4 Å². The maximum absolute atomic E-state index is 13.2. The molecule has 1 heterocycles. The molecule has 3 N–H and O–H groups in total. The quantitative estimate of drug-likeness (QED) is 0.478. The molecular weight excluding hydrogens is 462 g/mol. The van der Waals surface area contributed by atoms with Crippen molar-refractivity contribution in [2.24, 2.45) is 0 Å². The number of fused-ring (bicyclic) bond motifs is 1. The summed E-state index contributed by atoms with van der Waals surface area (Å²) in [4.78, 5) is 24.7. The fraction of sp³-hybridized carbons (Fsp3) is 0.167. The fourth-order valence-electron chi connectivity index (χ4n) is 3.56. The number of rotatable bonds is 7. The third kappa shape index (κ3) is 5.60. The van der Waals surface area contributed by atoms with Gasteiger partial charge in [0.05, 0.1) is 4.90 Å². The number of hydrogen-bond donors (Lipinski definition) is 3. The van der Waals surface area contributed by atoms with Crippen LogP contribution in [0.3, 0.4) is 0 Å². The van der Waals surface area contributed by atoms with Crippen LogP contribution in [-0.2, 0) is 32.6 Å². The van der Waals surface area contributed by atoms with Gasteiger partial charge in [0.1, 0.15) is 6.04 Å². The van der Waals surface area contributed by atoms with Gasteiger partial charge >= 0.3 is 0 Å². The Bertz CT molecular complexity index is 1280. The summed E-state index contributed by atoms with van der Waals surface area (Å²) in [5.41, 5.74) is 2.69. The number of nitrogens with one attached hydrogen (secondary N) is 3. The van der Waals surface area contributed by atoms with Crippen LogP contribution in [0.2, 0.25) is 5.02 Å². The van der Waals surface area contributed by atoms with E-state index in [9.17, 15) is 18.0 Å². The summed E-state index contributed by atoms with van der Waals surface area (Å²) >= 11 is 5.90. The van der Waals surface area contributed by atoms with Crippen LogP contribution in [0.5, 0.6) is 0 Å². The molecule has 0 aromatic heterocycles. The maximum Gasteiger partial charge on any atom is 0.243 e. The predicted octanol–water partition coefficient (Wildman–Crippen LogP) is 3.56. The van der Waals surface area contributed by atoms with E-state index in [1.54, 1.807) is 60.7 Å². The molecule has 0 saturated carbocycles. The second kappa shape index (κ2) is 9.74. The van der Waals surface area contributed by atoms with E-state index in [1.807, 2.05) is 0 Å². The van der Waals surface area contributed by atoms with Gasteiger partial charge in [-0.3, -0.25) is 9.59 Å². The van der Waals surface area contributed by atoms with Gasteiger partial charge in [-0.15, -0.1) is 0 Å². The van der Waals surface area contributed by atoms with Gasteiger partial charge in [0, 0.05) is 23.7 Å². The number of aryl methyl sites for hydroxylation is 1. The monoisotopic (exact) mass is 483 g/mol. The van der Waals surface area contributed by atoms with Crippen LogP contribution in [0.1, 0.15) is 29.2 Å². The fourth-order valence-corrected chi connectivity index (χ4v) is 4.92. The van der Waals surface area contributed by atoms with Gasteiger partial charge < -0.3 is 10.6 Å². The number of halogens is 1. The Kier molecular flexibility index (Phi) is 6.78. The van der Waals surface area contributed by atoms with E-state index in [4.69, 9.17) is 11.6 Å². The van der Waals surface area contributed by atoms with Crippen molar-refractivity contribution in [2.45, 2.75) is 30.3 Å². The molecule has 1 aliphatic rings. The lowest BCUT2D eigenvalue weighted by Crippen LogP contribution is -2.40. The first-order valence-electron chi connectivity index (χ1n) is 10.3. The number of carbonyl (C=O) groups is 2. The average molecular weight is 484 g/mol. The van der Waals surface area contributed by atoms with E-state index in [0.29, 0.717) is 29.1 Å². The number of anilines is 1. The summed E-state index contributed by atoms with van der Waals surface area (Å²) in [6, 6.07) is 19.1. The number of hydrogen-bond acceptors (Lipinski definition) is 4. The molecule has 0 saturated heterocycles. The summed E-state index contributed by atoms with van der Waals surface area (Å²) in [5.74, 6) is -0.581. The molecule has 0 radical (unpaired) electrons. The summed E-state index contributed by atoms with van der Waals surface area (Å²) in [5, 5.41) is 6.11. The number of amides is 2. The third-order valence-corrected chi connectivity index (χ3v) is 7.00. The van der Waals surface area contributed by atoms with Crippen molar-refractivity contribution >= 4 is 39.1 Å². The van der Waals surface area contributed by atoms with E-state index in [2.05, 4.69) is 15.4 Å². The normalized spacial score (nSPS) is 14.2. The Morgan fingerprint density at radius 1 is 1.00 bits per heavy atom. The highest BCUT2D eigenvalue weighted by Crippen LogP contribution is 2.26. The first-order valence-corrected chi connectivity index (χ1v) is 12.2. The number of carbonyl (C=O) groups excluding carboxylic acids is 2. The van der Waals surface area contributed by atoms with Crippen molar-refractivity contribution in [3.63, 3.8) is 0 Å². The van der Waals surface area contributed by atoms with Gasteiger partial charge in [0.25, 0.3) is 0 Å². The Labute approximate surface area is 197 Å².